The van der Waals surface area contributed by atoms with Gasteiger partial charge in [0.1, 0.15) is 23.6 Å². The van der Waals surface area contributed by atoms with E-state index in [-0.39, 0.29) is 66.0 Å². The first-order valence-electron chi connectivity index (χ1n) is 35.9. The number of ether oxygens (including phenoxy) is 7. The van der Waals surface area contributed by atoms with E-state index in [0.717, 1.165) is 53.7 Å². The predicted octanol–water partition coefficient (Wildman–Crippen LogP) is 20.1. The molecule has 104 heavy (non-hydrogen) atoms. The second-order valence-corrected chi connectivity index (χ2v) is 26.1. The molecular formula is C83H108ClN7O13. The largest absolute Gasteiger partial charge is 0.497 e. The van der Waals surface area contributed by atoms with Crippen molar-refractivity contribution in [2.75, 3.05) is 40.5 Å². The van der Waals surface area contributed by atoms with Crippen LogP contribution in [0.5, 0.6) is 11.6 Å². The quantitative estimate of drug-likeness (QED) is 0.0634. The molecule has 0 bridgehead atoms. The summed E-state index contributed by atoms with van der Waals surface area (Å²) in [5, 5.41) is 0.597. The van der Waals surface area contributed by atoms with Gasteiger partial charge >= 0.3 is 30.5 Å². The Bertz CT molecular complexity index is 3690. The number of allylic oxidation sites excluding steroid dienone is 10. The number of nitrogens with zero attached hydrogens (tertiary/aromatic N) is 7. The molecule has 0 saturated carbocycles. The average molecular weight is 1450 g/mol. The Morgan fingerprint density at radius 1 is 0.558 bits per heavy atom. The predicted molar refractivity (Wildman–Crippen MR) is 410 cm³/mol. The summed E-state index contributed by atoms with van der Waals surface area (Å²) in [4.78, 5) is 85.5. The van der Waals surface area contributed by atoms with Crippen molar-refractivity contribution in [1.29, 1.82) is 0 Å². The zero-order valence-corrected chi connectivity index (χ0v) is 64.2. The van der Waals surface area contributed by atoms with Crippen LogP contribution in [0.15, 0.2) is 223 Å². The summed E-state index contributed by atoms with van der Waals surface area (Å²) in [7, 11) is 3.23. The van der Waals surface area contributed by atoms with Gasteiger partial charge in [0, 0.05) is 127 Å². The average Bonchev–Trinajstić information content (AvgIpc) is 0.803. The first kappa shape index (κ1) is 84.6. The third kappa shape index (κ3) is 26.6. The van der Waals surface area contributed by atoms with Gasteiger partial charge in [-0.15, -0.1) is 0 Å². The molecule has 560 valence electrons. The fourth-order valence-corrected chi connectivity index (χ4v) is 11.2. The van der Waals surface area contributed by atoms with Gasteiger partial charge in [-0.25, -0.2) is 29.0 Å². The van der Waals surface area contributed by atoms with Crippen LogP contribution >= 0.6 is 11.6 Å². The second-order valence-electron chi connectivity index (χ2n) is 25.7. The van der Waals surface area contributed by atoms with Crippen LogP contribution < -0.4 is 9.47 Å². The highest BCUT2D eigenvalue weighted by Crippen LogP contribution is 2.34. The van der Waals surface area contributed by atoms with Gasteiger partial charge in [0.25, 0.3) is 5.91 Å². The summed E-state index contributed by atoms with van der Waals surface area (Å²) >= 11 is 6.29. The van der Waals surface area contributed by atoms with E-state index in [2.05, 4.69) is 44.0 Å². The van der Waals surface area contributed by atoms with Gasteiger partial charge in [-0.2, -0.15) is 0 Å². The Kier molecular flexibility index (Phi) is 35.6. The van der Waals surface area contributed by atoms with E-state index >= 15 is 0 Å². The molecule has 0 spiro atoms. The normalized spacial score (nSPS) is 17.2. The molecule has 0 N–H and O–H groups in total. The molecular weight excluding hydrogens is 1340 g/mol. The summed E-state index contributed by atoms with van der Waals surface area (Å²) in [5.74, 6) is 1.82. The zero-order chi connectivity index (χ0) is 76.3. The van der Waals surface area contributed by atoms with Crippen molar-refractivity contribution in [3.63, 3.8) is 0 Å². The molecule has 21 heteroatoms. The fraction of sp³-hybridized carbons (Fsp3) is 0.410. The third-order valence-electron chi connectivity index (χ3n) is 16.9. The molecule has 5 aliphatic heterocycles. The Morgan fingerprint density at radius 2 is 1.09 bits per heavy atom. The minimum atomic E-state index is -0.572. The number of hydrogen-bond acceptors (Lipinski definition) is 14. The number of carbonyl (C=O) groups excluding carboxylic acids is 6. The van der Waals surface area contributed by atoms with E-state index in [0.29, 0.717) is 48.5 Å². The lowest BCUT2D eigenvalue weighted by atomic mass is 9.91. The number of rotatable bonds is 19. The van der Waals surface area contributed by atoms with Crippen LogP contribution in [0, 0.1) is 5.92 Å². The smallest absolute Gasteiger partial charge is 0.418 e. The van der Waals surface area contributed by atoms with Crippen molar-refractivity contribution in [2.24, 2.45) is 5.92 Å². The van der Waals surface area contributed by atoms with Gasteiger partial charge in [-0.3, -0.25) is 29.3 Å². The van der Waals surface area contributed by atoms with Crippen molar-refractivity contribution in [3.05, 3.63) is 246 Å². The van der Waals surface area contributed by atoms with Crippen LogP contribution in [-0.4, -0.2) is 129 Å². The Balaban J connectivity index is 0.000000234. The van der Waals surface area contributed by atoms with Gasteiger partial charge in [0.05, 0.1) is 27.4 Å². The SMILES string of the molecule is CCC(C)OC(=O)N1C=CC(c2ccccc2)C(Cl)=C1.CCCCCC(CC)OC(=O)N1C=CC(c2ccccc2)C(C)=C1.CCN(CC)C(=O)C1=C(C)N(C(=O)OC(C)(C)C)C=CC1C.CCOC(=O)N1C=CC(c2ccc(OC)nc2)C=C1.CCOC(=O)N1C=CC(c2cccc(OC)c2)C=C1. The minimum Gasteiger partial charge on any atom is -0.497 e. The van der Waals surface area contributed by atoms with E-state index in [1.807, 2.05) is 189 Å². The van der Waals surface area contributed by atoms with Crippen LogP contribution in [0.1, 0.15) is 181 Å². The second kappa shape index (κ2) is 43.8. The van der Waals surface area contributed by atoms with Crippen LogP contribution in [0.4, 0.5) is 24.0 Å². The van der Waals surface area contributed by atoms with Gasteiger partial charge in [-0.05, 0) is 135 Å². The molecule has 0 fully saturated rings. The lowest BCUT2D eigenvalue weighted by molar-refractivity contribution is -0.127. The summed E-state index contributed by atoms with van der Waals surface area (Å²) < 4.78 is 36.4. The van der Waals surface area contributed by atoms with Crippen molar-refractivity contribution in [1.82, 2.24) is 34.4 Å². The van der Waals surface area contributed by atoms with Crippen LogP contribution in [-0.2, 0) is 28.5 Å². The van der Waals surface area contributed by atoms with E-state index in [9.17, 15) is 28.8 Å². The Labute approximate surface area is 621 Å². The van der Waals surface area contributed by atoms with Crippen molar-refractivity contribution in [2.45, 2.75) is 177 Å². The van der Waals surface area contributed by atoms with E-state index in [1.165, 1.54) is 38.0 Å². The molecule has 6 heterocycles. The maximum Gasteiger partial charge on any atom is 0.418 e. The summed E-state index contributed by atoms with van der Waals surface area (Å²) in [5.41, 5.74) is 6.35. The van der Waals surface area contributed by atoms with E-state index in [4.69, 9.17) is 44.8 Å². The highest BCUT2D eigenvalue weighted by atomic mass is 35.5. The molecule has 4 aromatic rings. The highest BCUT2D eigenvalue weighted by molar-refractivity contribution is 6.30. The molecule has 5 unspecified atom stereocenters. The van der Waals surface area contributed by atoms with Gasteiger partial charge < -0.3 is 38.1 Å². The van der Waals surface area contributed by atoms with Gasteiger partial charge in [-0.1, -0.05) is 174 Å². The van der Waals surface area contributed by atoms with E-state index < -0.39 is 17.8 Å². The van der Waals surface area contributed by atoms with Crippen LogP contribution in [0.25, 0.3) is 0 Å². The van der Waals surface area contributed by atoms with Crippen molar-refractivity contribution >= 4 is 48.0 Å². The number of methoxy groups -OCH3 is 2. The highest BCUT2D eigenvalue weighted by Gasteiger charge is 2.32. The van der Waals surface area contributed by atoms with Gasteiger partial charge in [0.15, 0.2) is 0 Å². The molecule has 5 aliphatic rings. The molecule has 3 aromatic carbocycles. The number of benzene rings is 3. The molecule has 5 atom stereocenters. The fourth-order valence-electron chi connectivity index (χ4n) is 10.9. The van der Waals surface area contributed by atoms with Gasteiger partial charge in [0.2, 0.25) is 5.88 Å². The standard InChI is InChI=1S/C21H29NO2.C17H28N2O3.C16H18ClNO2.C15H17NO3.C14H16N2O3/c1-4-6-8-13-19(5-2)24-21(23)22-15-14-20(17(3)16-22)18-11-9-7-10-12-18;1-8-18(9-2)15(20)14-12(3)10-11-19(13(14)4)16(21)22-17(5,6)7;1-3-12(2)20-16(19)18-10-9-14(15(17)11-18)13-7-5-4-6-8-13;1-3-19-15(17)16-9-7-12(8-10-16)13-5-4-6-14(11-13)18-2;1-3-19-14(17)16-8-6-11(7-9-16)12-4-5-13(18-2)15-10-12/h7,9-12,14-16,19-20H,4-6,8,13H2,1-3H3;10-12H,8-9H2,1-7H3;4-12,14H,3H2,1-2H3;4-12H,3H2,1-2H3;4-11H,3H2,1-2H3. The number of amides is 6. The Morgan fingerprint density at radius 3 is 1.57 bits per heavy atom. The number of pyridine rings is 1. The topological polar surface area (TPSA) is 199 Å². The van der Waals surface area contributed by atoms with E-state index in [1.54, 1.807) is 94.4 Å². The lowest BCUT2D eigenvalue weighted by Gasteiger charge is -2.32. The lowest BCUT2D eigenvalue weighted by Crippen LogP contribution is -2.39. The molecule has 0 saturated heterocycles. The van der Waals surface area contributed by atoms with Crippen LogP contribution in [0.3, 0.4) is 0 Å². The number of halogens is 1. The van der Waals surface area contributed by atoms with Crippen molar-refractivity contribution in [3.8, 4) is 11.6 Å². The first-order chi connectivity index (χ1) is 49.9. The maximum absolute atomic E-state index is 12.7. The summed E-state index contributed by atoms with van der Waals surface area (Å²) in [6.45, 7) is 28.9. The number of unbranched alkanes of at least 4 members (excludes halogenated alkanes) is 2. The number of carbonyl (C=O) groups is 6. The van der Waals surface area contributed by atoms with Crippen molar-refractivity contribution < 1.29 is 61.9 Å². The summed E-state index contributed by atoms with van der Waals surface area (Å²) in [6.07, 6.45) is 35.0. The molecule has 0 radical (unpaired) electrons. The maximum atomic E-state index is 12.7. The number of aromatic nitrogens is 1. The third-order valence-corrected chi connectivity index (χ3v) is 17.3. The summed E-state index contributed by atoms with van der Waals surface area (Å²) in [6, 6.07) is 31.9. The molecule has 20 nitrogen and oxygen atoms in total. The first-order valence-corrected chi connectivity index (χ1v) is 36.2. The molecule has 0 aliphatic carbocycles. The Hall–Kier alpha value is -10.1. The molecule has 1 aromatic heterocycles. The molecule has 9 rings (SSSR count). The number of hydrogen-bond donors (Lipinski definition) is 0. The number of likely N-dealkylation sites (N-methyl/N-ethyl adjacent to an activating group) is 1. The zero-order valence-electron chi connectivity index (χ0n) is 63.5. The minimum absolute atomic E-state index is 0.00878. The monoisotopic (exact) mass is 1450 g/mol. The molecule has 6 amide bonds. The van der Waals surface area contributed by atoms with Crippen LogP contribution in [0.2, 0.25) is 0 Å².